The fourth-order valence-electron chi connectivity index (χ4n) is 2.71. The van der Waals surface area contributed by atoms with Crippen LogP contribution in [0.2, 0.25) is 5.02 Å². The molecule has 0 aromatic heterocycles. The Balaban J connectivity index is 2.22. The van der Waals surface area contributed by atoms with Gasteiger partial charge in [-0.05, 0) is 37.1 Å². The van der Waals surface area contributed by atoms with Crippen molar-refractivity contribution < 1.29 is 9.13 Å². The number of hydrogen-bond donors (Lipinski definition) is 1. The Labute approximate surface area is 118 Å². The smallest absolute Gasteiger partial charge is 0.141 e. The molecule has 19 heavy (non-hydrogen) atoms. The van der Waals surface area contributed by atoms with Gasteiger partial charge in [-0.15, -0.1) is 0 Å². The summed E-state index contributed by atoms with van der Waals surface area (Å²) >= 11 is 5.87. The molecule has 1 heterocycles. The van der Waals surface area contributed by atoms with Crippen LogP contribution in [0.1, 0.15) is 24.4 Å². The highest BCUT2D eigenvalue weighted by molar-refractivity contribution is 6.30. The van der Waals surface area contributed by atoms with Crippen LogP contribution in [0.4, 0.5) is 4.39 Å². The second kappa shape index (κ2) is 6.66. The summed E-state index contributed by atoms with van der Waals surface area (Å²) in [5.74, 6) is -0.391. The van der Waals surface area contributed by atoms with Crippen LogP contribution in [0, 0.1) is 5.82 Å². The van der Waals surface area contributed by atoms with Crippen LogP contribution in [0.15, 0.2) is 18.2 Å². The average Bonchev–Trinajstić information content (AvgIpc) is 2.40. The summed E-state index contributed by atoms with van der Waals surface area (Å²) in [5, 5.41) is 0.155. The van der Waals surface area contributed by atoms with Crippen molar-refractivity contribution in [3.8, 4) is 0 Å². The van der Waals surface area contributed by atoms with Gasteiger partial charge in [-0.25, -0.2) is 4.39 Å². The maximum absolute atomic E-state index is 13.3. The van der Waals surface area contributed by atoms with Gasteiger partial charge in [0.15, 0.2) is 0 Å². The van der Waals surface area contributed by atoms with Crippen molar-refractivity contribution in [1.82, 2.24) is 4.90 Å². The zero-order valence-corrected chi connectivity index (χ0v) is 11.9. The van der Waals surface area contributed by atoms with E-state index in [1.165, 1.54) is 6.07 Å². The average molecular weight is 287 g/mol. The first-order valence-electron chi connectivity index (χ1n) is 6.57. The van der Waals surface area contributed by atoms with Gasteiger partial charge in [-0.2, -0.15) is 0 Å². The summed E-state index contributed by atoms with van der Waals surface area (Å²) in [5.41, 5.74) is 7.22. The maximum Gasteiger partial charge on any atom is 0.141 e. The minimum atomic E-state index is -0.391. The predicted octanol–water partition coefficient (Wildman–Crippen LogP) is 2.59. The predicted molar refractivity (Wildman–Crippen MR) is 74.8 cm³/mol. The maximum atomic E-state index is 13.3. The third-order valence-electron chi connectivity index (χ3n) is 3.65. The zero-order chi connectivity index (χ0) is 13.8. The van der Waals surface area contributed by atoms with E-state index in [2.05, 4.69) is 4.90 Å². The van der Waals surface area contributed by atoms with Crippen LogP contribution < -0.4 is 5.73 Å². The largest absolute Gasteiger partial charge is 0.383 e. The number of nitrogens with zero attached hydrogens (tertiary/aromatic N) is 1. The first-order valence-corrected chi connectivity index (χ1v) is 6.95. The van der Waals surface area contributed by atoms with E-state index < -0.39 is 5.82 Å². The van der Waals surface area contributed by atoms with Gasteiger partial charge in [0, 0.05) is 19.7 Å². The highest BCUT2D eigenvalue weighted by Gasteiger charge is 2.30. The SMILES string of the molecule is COCCN1CCCC(N)C1c1ccc(F)c(Cl)c1. The van der Waals surface area contributed by atoms with Crippen molar-refractivity contribution in [2.45, 2.75) is 24.9 Å². The molecule has 1 saturated heterocycles. The van der Waals surface area contributed by atoms with Crippen molar-refractivity contribution in [2.24, 2.45) is 5.73 Å². The van der Waals surface area contributed by atoms with Crippen molar-refractivity contribution in [3.63, 3.8) is 0 Å². The van der Waals surface area contributed by atoms with Crippen LogP contribution in [-0.2, 0) is 4.74 Å². The summed E-state index contributed by atoms with van der Waals surface area (Å²) in [6, 6.07) is 5.01. The second-order valence-electron chi connectivity index (χ2n) is 4.95. The van der Waals surface area contributed by atoms with Crippen LogP contribution in [0.5, 0.6) is 0 Å². The minimum Gasteiger partial charge on any atom is -0.383 e. The van der Waals surface area contributed by atoms with Gasteiger partial charge in [0.1, 0.15) is 5.82 Å². The Hall–Kier alpha value is -0.680. The highest BCUT2D eigenvalue weighted by Crippen LogP contribution is 2.31. The molecule has 0 amide bonds. The van der Waals surface area contributed by atoms with E-state index in [1.807, 2.05) is 0 Å². The monoisotopic (exact) mass is 286 g/mol. The molecule has 0 bridgehead atoms. The standard InChI is InChI=1S/C14H20ClFN2O/c1-19-8-7-18-6-2-3-13(17)14(18)10-4-5-12(16)11(15)9-10/h4-5,9,13-14H,2-3,6-8,17H2,1H3. The molecule has 3 nitrogen and oxygen atoms in total. The van der Waals surface area contributed by atoms with Gasteiger partial charge in [-0.1, -0.05) is 17.7 Å². The molecule has 1 aromatic rings. The molecule has 1 fully saturated rings. The summed E-state index contributed by atoms with van der Waals surface area (Å²) in [7, 11) is 1.69. The molecule has 2 atom stereocenters. The van der Waals surface area contributed by atoms with E-state index in [4.69, 9.17) is 22.1 Å². The Bertz CT molecular complexity index is 430. The minimum absolute atomic E-state index is 0.0483. The van der Waals surface area contributed by atoms with Crippen LogP contribution in [0.25, 0.3) is 0 Å². The van der Waals surface area contributed by atoms with Gasteiger partial charge in [-0.3, -0.25) is 4.90 Å². The van der Waals surface area contributed by atoms with Gasteiger partial charge in [0.2, 0.25) is 0 Å². The van der Waals surface area contributed by atoms with Gasteiger partial charge in [0.05, 0.1) is 17.7 Å². The zero-order valence-electron chi connectivity index (χ0n) is 11.1. The summed E-state index contributed by atoms with van der Waals surface area (Å²) < 4.78 is 18.4. The van der Waals surface area contributed by atoms with Crippen molar-refractivity contribution >= 4 is 11.6 Å². The fraction of sp³-hybridized carbons (Fsp3) is 0.571. The molecule has 0 radical (unpaired) electrons. The molecule has 0 spiro atoms. The first kappa shape index (κ1) is 14.7. The third kappa shape index (κ3) is 3.45. The lowest BCUT2D eigenvalue weighted by molar-refractivity contribution is 0.0848. The number of methoxy groups -OCH3 is 1. The molecule has 1 aliphatic heterocycles. The van der Waals surface area contributed by atoms with E-state index in [0.717, 1.165) is 31.5 Å². The molecule has 2 N–H and O–H groups in total. The lowest BCUT2D eigenvalue weighted by Gasteiger charge is -2.40. The van der Waals surface area contributed by atoms with Gasteiger partial charge >= 0.3 is 0 Å². The number of hydrogen-bond acceptors (Lipinski definition) is 3. The lowest BCUT2D eigenvalue weighted by atomic mass is 9.91. The fourth-order valence-corrected chi connectivity index (χ4v) is 2.90. The molecule has 1 aliphatic rings. The number of rotatable bonds is 4. The molecule has 1 aromatic carbocycles. The molecular weight excluding hydrogens is 267 g/mol. The normalized spacial score (nSPS) is 24.6. The second-order valence-corrected chi connectivity index (χ2v) is 5.36. The van der Waals surface area contributed by atoms with E-state index in [1.54, 1.807) is 19.2 Å². The topological polar surface area (TPSA) is 38.5 Å². The summed E-state index contributed by atoms with van der Waals surface area (Å²) in [4.78, 5) is 2.29. The molecule has 106 valence electrons. The number of piperidine rings is 1. The quantitative estimate of drug-likeness (QED) is 0.925. The van der Waals surface area contributed by atoms with Crippen molar-refractivity contribution in [1.29, 1.82) is 0 Å². The highest BCUT2D eigenvalue weighted by atomic mass is 35.5. The molecule has 0 saturated carbocycles. The molecule has 2 unspecified atom stereocenters. The molecule has 5 heteroatoms. The van der Waals surface area contributed by atoms with Crippen LogP contribution in [0.3, 0.4) is 0 Å². The molecular formula is C14H20ClFN2O. The Morgan fingerprint density at radius 3 is 3.00 bits per heavy atom. The Morgan fingerprint density at radius 1 is 1.53 bits per heavy atom. The van der Waals surface area contributed by atoms with Crippen LogP contribution in [-0.4, -0.2) is 37.7 Å². The number of nitrogens with two attached hydrogens (primary N) is 1. The Kier molecular flexibility index (Phi) is 5.16. The van der Waals surface area contributed by atoms with Crippen molar-refractivity contribution in [2.75, 3.05) is 26.8 Å². The van der Waals surface area contributed by atoms with Gasteiger partial charge in [0.25, 0.3) is 0 Å². The number of ether oxygens (including phenoxy) is 1. The van der Waals surface area contributed by atoms with Gasteiger partial charge < -0.3 is 10.5 Å². The number of likely N-dealkylation sites (tertiary alicyclic amines) is 1. The number of halogens is 2. The lowest BCUT2D eigenvalue weighted by Crippen LogP contribution is -2.46. The Morgan fingerprint density at radius 2 is 2.32 bits per heavy atom. The third-order valence-corrected chi connectivity index (χ3v) is 3.94. The summed E-state index contributed by atoms with van der Waals surface area (Å²) in [6.07, 6.45) is 2.06. The van der Waals surface area contributed by atoms with Crippen LogP contribution >= 0.6 is 11.6 Å². The van der Waals surface area contributed by atoms with E-state index in [9.17, 15) is 4.39 Å². The van der Waals surface area contributed by atoms with E-state index >= 15 is 0 Å². The number of benzene rings is 1. The van der Waals surface area contributed by atoms with Crippen molar-refractivity contribution in [3.05, 3.63) is 34.6 Å². The van der Waals surface area contributed by atoms with E-state index in [0.29, 0.717) is 6.61 Å². The molecule has 2 rings (SSSR count). The van der Waals surface area contributed by atoms with E-state index in [-0.39, 0.29) is 17.1 Å². The first-order chi connectivity index (χ1) is 9.13. The summed E-state index contributed by atoms with van der Waals surface area (Å²) in [6.45, 7) is 2.47. The molecule has 0 aliphatic carbocycles.